The van der Waals surface area contributed by atoms with Gasteiger partial charge in [-0.3, -0.25) is 9.78 Å². The highest BCUT2D eigenvalue weighted by atomic mass is 32.2. The molecule has 146 valence electrons. The number of aromatic amines is 1. The number of thioether (sulfide) groups is 1. The maximum atomic E-state index is 12.0. The molecule has 3 aromatic heterocycles. The van der Waals surface area contributed by atoms with E-state index in [0.29, 0.717) is 40.7 Å². The molecule has 9 heteroatoms. The van der Waals surface area contributed by atoms with Gasteiger partial charge in [-0.05, 0) is 31.2 Å². The molecule has 0 aliphatic carbocycles. The number of aromatic nitrogens is 5. The molecule has 0 bridgehead atoms. The molecule has 1 N–H and O–H groups in total. The molecular weight excluding hydrogens is 390 g/mol. The van der Waals surface area contributed by atoms with Gasteiger partial charge in [0.2, 0.25) is 11.7 Å². The second kappa shape index (κ2) is 8.70. The Labute approximate surface area is 170 Å². The summed E-state index contributed by atoms with van der Waals surface area (Å²) in [5.74, 6) is 1.95. The van der Waals surface area contributed by atoms with E-state index in [-0.39, 0.29) is 5.56 Å². The van der Waals surface area contributed by atoms with E-state index in [9.17, 15) is 4.79 Å². The SMILES string of the molecule is CCOc1ccccc1-c1noc(CSc2nc(-c3ccncc3)cc(=O)[nH]2)n1. The normalized spacial score (nSPS) is 10.8. The molecule has 0 spiro atoms. The van der Waals surface area contributed by atoms with Crippen LogP contribution in [0.3, 0.4) is 0 Å². The van der Waals surface area contributed by atoms with Crippen molar-refractivity contribution in [2.24, 2.45) is 0 Å². The lowest BCUT2D eigenvalue weighted by molar-refractivity contribution is 0.341. The van der Waals surface area contributed by atoms with E-state index in [2.05, 4.69) is 25.1 Å². The molecule has 0 aliphatic rings. The monoisotopic (exact) mass is 407 g/mol. The predicted octanol–water partition coefficient (Wildman–Crippen LogP) is 3.57. The number of para-hydroxylation sites is 1. The van der Waals surface area contributed by atoms with Crippen molar-refractivity contribution in [1.82, 2.24) is 25.1 Å². The first-order valence-corrected chi connectivity index (χ1v) is 9.91. The van der Waals surface area contributed by atoms with Gasteiger partial charge in [0.1, 0.15) is 5.75 Å². The van der Waals surface area contributed by atoms with Gasteiger partial charge in [0.25, 0.3) is 5.56 Å². The van der Waals surface area contributed by atoms with Crippen LogP contribution in [0.4, 0.5) is 0 Å². The zero-order valence-electron chi connectivity index (χ0n) is 15.5. The Morgan fingerprint density at radius 2 is 1.97 bits per heavy atom. The van der Waals surface area contributed by atoms with Crippen molar-refractivity contribution >= 4 is 11.8 Å². The second-order valence-corrected chi connectivity index (χ2v) is 6.87. The van der Waals surface area contributed by atoms with Gasteiger partial charge in [0.15, 0.2) is 5.16 Å². The predicted molar refractivity (Wildman–Crippen MR) is 109 cm³/mol. The van der Waals surface area contributed by atoms with E-state index in [4.69, 9.17) is 9.26 Å². The minimum Gasteiger partial charge on any atom is -0.493 e. The summed E-state index contributed by atoms with van der Waals surface area (Å²) in [7, 11) is 0. The molecule has 0 fully saturated rings. The third kappa shape index (κ3) is 4.52. The Morgan fingerprint density at radius 3 is 2.79 bits per heavy atom. The lowest BCUT2D eigenvalue weighted by atomic mass is 10.2. The topological polar surface area (TPSA) is 107 Å². The third-order valence-corrected chi connectivity index (χ3v) is 4.78. The van der Waals surface area contributed by atoms with E-state index in [1.807, 2.05) is 31.2 Å². The molecule has 0 aliphatic heterocycles. The summed E-state index contributed by atoms with van der Waals surface area (Å²) in [5.41, 5.74) is 1.93. The van der Waals surface area contributed by atoms with Gasteiger partial charge in [0.05, 0.1) is 23.6 Å². The quantitative estimate of drug-likeness (QED) is 0.366. The molecular formula is C20H17N5O3S. The van der Waals surface area contributed by atoms with Crippen LogP contribution in [0.2, 0.25) is 0 Å². The van der Waals surface area contributed by atoms with Gasteiger partial charge in [-0.15, -0.1) is 0 Å². The van der Waals surface area contributed by atoms with Crippen molar-refractivity contribution in [3.63, 3.8) is 0 Å². The van der Waals surface area contributed by atoms with Crippen LogP contribution >= 0.6 is 11.8 Å². The molecule has 8 nitrogen and oxygen atoms in total. The van der Waals surface area contributed by atoms with Gasteiger partial charge in [0, 0.05) is 24.0 Å². The number of nitrogens with one attached hydrogen (secondary N) is 1. The zero-order chi connectivity index (χ0) is 20.1. The summed E-state index contributed by atoms with van der Waals surface area (Å²) in [6.07, 6.45) is 3.32. The number of hydrogen-bond acceptors (Lipinski definition) is 8. The molecule has 3 heterocycles. The lowest BCUT2D eigenvalue weighted by Gasteiger charge is -2.06. The Bertz CT molecular complexity index is 1160. The first kappa shape index (κ1) is 18.9. The summed E-state index contributed by atoms with van der Waals surface area (Å²) in [5, 5.41) is 4.52. The molecule has 0 atom stereocenters. The summed E-state index contributed by atoms with van der Waals surface area (Å²) >= 11 is 1.31. The Morgan fingerprint density at radius 1 is 1.14 bits per heavy atom. The van der Waals surface area contributed by atoms with Crippen LogP contribution in [0, 0.1) is 0 Å². The van der Waals surface area contributed by atoms with Gasteiger partial charge >= 0.3 is 0 Å². The molecule has 0 saturated carbocycles. The van der Waals surface area contributed by atoms with Gasteiger partial charge in [-0.25, -0.2) is 4.98 Å². The highest BCUT2D eigenvalue weighted by Gasteiger charge is 2.14. The van der Waals surface area contributed by atoms with Crippen LogP contribution in [-0.4, -0.2) is 31.7 Å². The maximum absolute atomic E-state index is 12.0. The number of H-pyrrole nitrogens is 1. The van der Waals surface area contributed by atoms with Gasteiger partial charge in [-0.1, -0.05) is 29.1 Å². The standard InChI is InChI=1S/C20H17N5O3S/c1-2-27-16-6-4-3-5-14(16)19-24-18(28-25-19)12-29-20-22-15(11-17(26)23-20)13-7-9-21-10-8-13/h3-11H,2,12H2,1H3,(H,22,23,26). The first-order valence-electron chi connectivity index (χ1n) is 8.92. The maximum Gasteiger partial charge on any atom is 0.252 e. The van der Waals surface area contributed by atoms with Crippen molar-refractivity contribution in [3.8, 4) is 28.4 Å². The second-order valence-electron chi connectivity index (χ2n) is 5.90. The van der Waals surface area contributed by atoms with E-state index >= 15 is 0 Å². The molecule has 0 amide bonds. The summed E-state index contributed by atoms with van der Waals surface area (Å²) < 4.78 is 11.0. The minimum atomic E-state index is -0.230. The van der Waals surface area contributed by atoms with Crippen molar-refractivity contribution in [1.29, 1.82) is 0 Å². The molecule has 1 aromatic carbocycles. The van der Waals surface area contributed by atoms with Crippen LogP contribution in [-0.2, 0) is 5.75 Å². The number of nitrogens with zero attached hydrogens (tertiary/aromatic N) is 4. The summed E-state index contributed by atoms with van der Waals surface area (Å²) in [6, 6.07) is 12.6. The molecule has 29 heavy (non-hydrogen) atoms. The number of benzene rings is 1. The zero-order valence-corrected chi connectivity index (χ0v) is 16.3. The van der Waals surface area contributed by atoms with E-state index < -0.39 is 0 Å². The van der Waals surface area contributed by atoms with E-state index in [1.165, 1.54) is 17.8 Å². The Hall–Kier alpha value is -3.46. The lowest BCUT2D eigenvalue weighted by Crippen LogP contribution is -2.08. The van der Waals surface area contributed by atoms with Crippen molar-refractivity contribution in [2.75, 3.05) is 6.61 Å². The number of pyridine rings is 1. The van der Waals surface area contributed by atoms with Crippen LogP contribution in [0.15, 0.2) is 69.3 Å². The Kier molecular flexibility index (Phi) is 5.66. The molecule has 4 aromatic rings. The van der Waals surface area contributed by atoms with E-state index in [0.717, 1.165) is 11.1 Å². The number of rotatable bonds is 7. The van der Waals surface area contributed by atoms with Crippen LogP contribution in [0.5, 0.6) is 5.75 Å². The average Bonchev–Trinajstić information content (AvgIpc) is 3.22. The fraction of sp³-hybridized carbons (Fsp3) is 0.150. The molecule has 0 unspecified atom stereocenters. The smallest absolute Gasteiger partial charge is 0.252 e. The Balaban J connectivity index is 1.51. The first-order chi connectivity index (χ1) is 14.2. The van der Waals surface area contributed by atoms with Gasteiger partial charge < -0.3 is 14.2 Å². The highest BCUT2D eigenvalue weighted by molar-refractivity contribution is 7.98. The van der Waals surface area contributed by atoms with Crippen molar-refractivity contribution < 1.29 is 9.26 Å². The van der Waals surface area contributed by atoms with Crippen molar-refractivity contribution in [3.05, 3.63) is 71.1 Å². The molecule has 0 saturated heterocycles. The van der Waals surface area contributed by atoms with Crippen molar-refractivity contribution in [2.45, 2.75) is 17.8 Å². The third-order valence-electron chi connectivity index (χ3n) is 3.92. The fourth-order valence-electron chi connectivity index (χ4n) is 2.66. The average molecular weight is 407 g/mol. The van der Waals surface area contributed by atoms with Gasteiger partial charge in [-0.2, -0.15) is 4.98 Å². The van der Waals surface area contributed by atoms with Crippen LogP contribution in [0.1, 0.15) is 12.8 Å². The van der Waals surface area contributed by atoms with Crippen LogP contribution < -0.4 is 10.3 Å². The molecule has 0 radical (unpaired) electrons. The largest absolute Gasteiger partial charge is 0.493 e. The summed E-state index contributed by atoms with van der Waals surface area (Å²) in [4.78, 5) is 27.6. The van der Waals surface area contributed by atoms with E-state index in [1.54, 1.807) is 24.5 Å². The van der Waals surface area contributed by atoms with Crippen LogP contribution in [0.25, 0.3) is 22.6 Å². The minimum absolute atomic E-state index is 0.230. The number of ether oxygens (including phenoxy) is 1. The molecule has 4 rings (SSSR count). The number of hydrogen-bond donors (Lipinski definition) is 1. The highest BCUT2D eigenvalue weighted by Crippen LogP contribution is 2.28. The fourth-order valence-corrected chi connectivity index (χ4v) is 3.37. The summed E-state index contributed by atoms with van der Waals surface area (Å²) in [6.45, 7) is 2.47.